The first kappa shape index (κ1) is 54.1. The van der Waals surface area contributed by atoms with Crippen LogP contribution in [0.25, 0.3) is 0 Å². The molecule has 1 unspecified atom stereocenters. The van der Waals surface area contributed by atoms with Crippen LogP contribution in [0.4, 0.5) is 0 Å². The Morgan fingerprint density at radius 2 is 0.804 bits per heavy atom. The van der Waals surface area contributed by atoms with E-state index in [1.165, 1.54) is 154 Å². The van der Waals surface area contributed by atoms with Gasteiger partial charge in [0.1, 0.15) is 6.61 Å². The predicted octanol–water partition coefficient (Wildman–Crippen LogP) is 16.2. The number of hydrogen-bond acceptors (Lipinski definition) is 5. The standard InChI is InChI=1S/C51H94O5/c1-4-7-10-13-16-19-22-24-25-26-27-28-30-32-35-38-41-44-50(52)55-48-49(47-54-46-43-40-37-34-31-23-20-17-14-11-8-5-2)56-51(53)45-42-39-36-33-29-21-18-15-12-9-6-3/h7,10,16,19,24-25,49H,4-6,8-9,11-15,17-18,20-23,26-48H2,1-3H3/b10-7-,19-16-,25-24-. The van der Waals surface area contributed by atoms with E-state index in [1.807, 2.05) is 0 Å². The number of carbonyl (C=O) groups is 2. The molecule has 5 heteroatoms. The van der Waals surface area contributed by atoms with Crippen LogP contribution in [0.1, 0.15) is 252 Å². The van der Waals surface area contributed by atoms with Crippen LogP contribution in [0.3, 0.4) is 0 Å². The van der Waals surface area contributed by atoms with Crippen LogP contribution in [0.5, 0.6) is 0 Å². The van der Waals surface area contributed by atoms with Crippen molar-refractivity contribution >= 4 is 11.9 Å². The summed E-state index contributed by atoms with van der Waals surface area (Å²) in [6, 6.07) is 0. The first-order chi connectivity index (χ1) is 27.6. The molecule has 0 aromatic heterocycles. The molecule has 1 atom stereocenters. The SMILES string of the molecule is CC/C=C\C/C=C\C/C=C\CCCCCCCCCC(=O)OCC(COCCCCCCCCCCCCCC)OC(=O)CCCCCCCCCCCCC. The maximum Gasteiger partial charge on any atom is 0.306 e. The third-order valence-corrected chi connectivity index (χ3v) is 10.7. The average Bonchev–Trinajstić information content (AvgIpc) is 3.20. The lowest BCUT2D eigenvalue weighted by atomic mass is 10.1. The van der Waals surface area contributed by atoms with E-state index in [0.29, 0.717) is 26.1 Å². The maximum atomic E-state index is 12.7. The van der Waals surface area contributed by atoms with Gasteiger partial charge in [-0.25, -0.2) is 0 Å². The molecule has 0 saturated carbocycles. The smallest absolute Gasteiger partial charge is 0.306 e. The fourth-order valence-corrected chi connectivity index (χ4v) is 7.05. The normalized spacial score (nSPS) is 12.4. The number of rotatable bonds is 45. The maximum absolute atomic E-state index is 12.7. The topological polar surface area (TPSA) is 61.8 Å². The molecule has 5 nitrogen and oxygen atoms in total. The molecular formula is C51H94O5. The third-order valence-electron chi connectivity index (χ3n) is 10.7. The number of esters is 2. The fraction of sp³-hybridized carbons (Fsp3) is 0.843. The number of unbranched alkanes of at least 4 members (excludes halogenated alkanes) is 28. The molecule has 0 aromatic carbocycles. The van der Waals surface area contributed by atoms with Crippen LogP contribution in [0.2, 0.25) is 0 Å². The van der Waals surface area contributed by atoms with Gasteiger partial charge in [-0.2, -0.15) is 0 Å². The van der Waals surface area contributed by atoms with Crippen molar-refractivity contribution in [2.75, 3.05) is 19.8 Å². The van der Waals surface area contributed by atoms with Gasteiger partial charge in [0.25, 0.3) is 0 Å². The highest BCUT2D eigenvalue weighted by molar-refractivity contribution is 5.70. The molecule has 0 N–H and O–H groups in total. The predicted molar refractivity (Wildman–Crippen MR) is 242 cm³/mol. The Kier molecular flexibility index (Phi) is 45.9. The number of allylic oxidation sites excluding steroid dienone is 6. The van der Waals surface area contributed by atoms with Crippen LogP contribution in [0, 0.1) is 0 Å². The molecule has 0 rings (SSSR count). The van der Waals surface area contributed by atoms with Crippen molar-refractivity contribution in [1.29, 1.82) is 0 Å². The minimum absolute atomic E-state index is 0.0856. The summed E-state index contributed by atoms with van der Waals surface area (Å²) < 4.78 is 17.4. The Morgan fingerprint density at radius 3 is 1.29 bits per heavy atom. The van der Waals surface area contributed by atoms with Crippen LogP contribution < -0.4 is 0 Å². The van der Waals surface area contributed by atoms with E-state index in [1.54, 1.807) is 0 Å². The first-order valence-corrected chi connectivity index (χ1v) is 24.5. The molecular weight excluding hydrogens is 693 g/mol. The van der Waals surface area contributed by atoms with Gasteiger partial charge >= 0.3 is 11.9 Å². The Morgan fingerprint density at radius 1 is 0.411 bits per heavy atom. The summed E-state index contributed by atoms with van der Waals surface area (Å²) in [6.07, 6.45) is 55.7. The minimum Gasteiger partial charge on any atom is -0.462 e. The van der Waals surface area contributed by atoms with Gasteiger partial charge in [0.05, 0.1) is 6.61 Å². The summed E-state index contributed by atoms with van der Waals surface area (Å²) in [5, 5.41) is 0. The second-order valence-electron chi connectivity index (χ2n) is 16.4. The van der Waals surface area contributed by atoms with Crippen LogP contribution in [-0.2, 0) is 23.8 Å². The molecule has 0 spiro atoms. The van der Waals surface area contributed by atoms with Crippen molar-refractivity contribution in [3.63, 3.8) is 0 Å². The Balaban J connectivity index is 4.21. The summed E-state index contributed by atoms with van der Waals surface area (Å²) in [6.45, 7) is 7.74. The largest absolute Gasteiger partial charge is 0.462 e. The van der Waals surface area contributed by atoms with Crippen LogP contribution >= 0.6 is 0 Å². The highest BCUT2D eigenvalue weighted by Gasteiger charge is 2.17. The van der Waals surface area contributed by atoms with Crippen molar-refractivity contribution in [1.82, 2.24) is 0 Å². The number of carbonyl (C=O) groups excluding carboxylic acids is 2. The van der Waals surface area contributed by atoms with Crippen molar-refractivity contribution in [2.45, 2.75) is 258 Å². The summed E-state index contributed by atoms with van der Waals surface area (Å²) in [5.74, 6) is -0.397. The van der Waals surface area contributed by atoms with Gasteiger partial charge in [0.2, 0.25) is 0 Å². The second-order valence-corrected chi connectivity index (χ2v) is 16.4. The zero-order chi connectivity index (χ0) is 40.7. The summed E-state index contributed by atoms with van der Waals surface area (Å²) in [5.41, 5.74) is 0. The number of hydrogen-bond donors (Lipinski definition) is 0. The van der Waals surface area contributed by atoms with E-state index in [0.717, 1.165) is 64.2 Å². The first-order valence-electron chi connectivity index (χ1n) is 24.5. The van der Waals surface area contributed by atoms with E-state index >= 15 is 0 Å². The Hall–Kier alpha value is -1.88. The summed E-state index contributed by atoms with van der Waals surface area (Å²) >= 11 is 0. The van der Waals surface area contributed by atoms with E-state index in [2.05, 4.69) is 57.2 Å². The monoisotopic (exact) mass is 787 g/mol. The molecule has 0 fully saturated rings. The summed E-state index contributed by atoms with van der Waals surface area (Å²) in [4.78, 5) is 25.3. The van der Waals surface area contributed by atoms with E-state index in [9.17, 15) is 9.59 Å². The lowest BCUT2D eigenvalue weighted by molar-refractivity contribution is -0.163. The minimum atomic E-state index is -0.532. The van der Waals surface area contributed by atoms with E-state index in [-0.39, 0.29) is 18.5 Å². The molecule has 0 bridgehead atoms. The Labute approximate surface area is 349 Å². The van der Waals surface area contributed by atoms with E-state index in [4.69, 9.17) is 14.2 Å². The van der Waals surface area contributed by atoms with Gasteiger partial charge in [-0.3, -0.25) is 9.59 Å². The molecule has 0 aliphatic rings. The van der Waals surface area contributed by atoms with Crippen molar-refractivity contribution in [3.8, 4) is 0 Å². The lowest BCUT2D eigenvalue weighted by Gasteiger charge is -2.18. The second kappa shape index (κ2) is 47.5. The zero-order valence-electron chi connectivity index (χ0n) is 37.7. The van der Waals surface area contributed by atoms with Gasteiger partial charge < -0.3 is 14.2 Å². The molecule has 0 amide bonds. The highest BCUT2D eigenvalue weighted by atomic mass is 16.6. The number of ether oxygens (including phenoxy) is 3. The van der Waals surface area contributed by atoms with Crippen LogP contribution in [0.15, 0.2) is 36.5 Å². The summed E-state index contributed by atoms with van der Waals surface area (Å²) in [7, 11) is 0. The van der Waals surface area contributed by atoms with Crippen LogP contribution in [-0.4, -0.2) is 37.9 Å². The molecule has 328 valence electrons. The van der Waals surface area contributed by atoms with Crippen molar-refractivity contribution < 1.29 is 23.8 Å². The van der Waals surface area contributed by atoms with Crippen molar-refractivity contribution in [2.24, 2.45) is 0 Å². The van der Waals surface area contributed by atoms with Crippen molar-refractivity contribution in [3.05, 3.63) is 36.5 Å². The highest BCUT2D eigenvalue weighted by Crippen LogP contribution is 2.15. The molecule has 0 radical (unpaired) electrons. The van der Waals surface area contributed by atoms with E-state index < -0.39 is 6.10 Å². The average molecular weight is 787 g/mol. The Bertz CT molecular complexity index is 893. The third kappa shape index (κ3) is 44.8. The van der Waals surface area contributed by atoms with Gasteiger partial charge in [-0.05, 0) is 51.4 Å². The van der Waals surface area contributed by atoms with Gasteiger partial charge in [0, 0.05) is 19.4 Å². The molecule has 0 aliphatic heterocycles. The molecule has 56 heavy (non-hydrogen) atoms. The van der Waals surface area contributed by atoms with Gasteiger partial charge in [-0.15, -0.1) is 0 Å². The molecule has 0 saturated heterocycles. The van der Waals surface area contributed by atoms with Gasteiger partial charge in [-0.1, -0.05) is 224 Å². The fourth-order valence-electron chi connectivity index (χ4n) is 7.05. The molecule has 0 aromatic rings. The molecule has 0 heterocycles. The zero-order valence-corrected chi connectivity index (χ0v) is 37.7. The van der Waals surface area contributed by atoms with Gasteiger partial charge in [0.15, 0.2) is 6.10 Å². The lowest BCUT2D eigenvalue weighted by Crippen LogP contribution is -2.30. The quantitative estimate of drug-likeness (QED) is 0.0349. The molecule has 0 aliphatic carbocycles.